The quantitative estimate of drug-likeness (QED) is 0.321. The second kappa shape index (κ2) is 6.77. The molecule has 0 aromatic heterocycles. The number of ether oxygens (including phenoxy) is 1. The lowest BCUT2D eigenvalue weighted by Gasteiger charge is -2.26. The fraction of sp³-hybridized carbons (Fsp3) is 0.800. The van der Waals surface area contributed by atoms with Crippen LogP contribution < -0.4 is 0 Å². The predicted molar refractivity (Wildman–Crippen MR) is 61.3 cm³/mol. The normalized spacial score (nSPS) is 13.2. The fourth-order valence-corrected chi connectivity index (χ4v) is 0.682. The first-order valence-electron chi connectivity index (χ1n) is 5.45. The summed E-state index contributed by atoms with van der Waals surface area (Å²) < 4.78 is 4.76. The Bertz CT molecular complexity index is 329. The number of carbonyl (C=O) groups excluding carboxylic acids is 1. The molecule has 1 unspecified atom stereocenters. The largest absolute Gasteiger partial charge is 0.479 e. The maximum atomic E-state index is 10.9. The Kier molecular flexibility index (Phi) is 6.07. The zero-order chi connectivity index (χ0) is 14.3. The molecular weight excluding hydrogens is 242 g/mol. The lowest BCUT2D eigenvalue weighted by Crippen LogP contribution is -2.44. The van der Waals surface area contributed by atoms with Crippen LogP contribution >= 0.6 is 0 Å². The summed E-state index contributed by atoms with van der Waals surface area (Å²) in [7, 11) is 1.45. The number of aliphatic carboxylic acids is 1. The van der Waals surface area contributed by atoms with Crippen molar-refractivity contribution >= 4 is 11.9 Å². The molecular formula is C10H19N3O5. The van der Waals surface area contributed by atoms with Gasteiger partial charge in [0.2, 0.25) is 0 Å². The average molecular weight is 261 g/mol. The molecule has 18 heavy (non-hydrogen) atoms. The van der Waals surface area contributed by atoms with Crippen molar-refractivity contribution in [3.05, 3.63) is 0 Å². The molecule has 1 N–H and O–H groups in total. The smallest absolute Gasteiger partial charge is 0.330 e. The summed E-state index contributed by atoms with van der Waals surface area (Å²) in [5, 5.41) is 16.9. The lowest BCUT2D eigenvalue weighted by molar-refractivity contribution is -0.177. The Balaban J connectivity index is 4.25. The SMILES string of the molecule is CCC(=O)OC(C)ON=NN(C)C(C)(C)C(=O)O. The van der Waals surface area contributed by atoms with Gasteiger partial charge in [0, 0.05) is 25.7 Å². The highest BCUT2D eigenvalue weighted by molar-refractivity contribution is 5.77. The van der Waals surface area contributed by atoms with Crippen LogP contribution in [0.1, 0.15) is 34.1 Å². The number of rotatable bonds is 7. The Morgan fingerprint density at radius 1 is 1.44 bits per heavy atom. The molecule has 0 radical (unpaired) electrons. The van der Waals surface area contributed by atoms with Crippen molar-refractivity contribution in [3.8, 4) is 0 Å². The summed E-state index contributed by atoms with van der Waals surface area (Å²) in [4.78, 5) is 26.5. The van der Waals surface area contributed by atoms with Gasteiger partial charge < -0.3 is 14.7 Å². The second-order valence-corrected chi connectivity index (χ2v) is 4.08. The van der Waals surface area contributed by atoms with E-state index < -0.39 is 23.8 Å². The number of hydrogen-bond acceptors (Lipinski definition) is 6. The van der Waals surface area contributed by atoms with Gasteiger partial charge >= 0.3 is 11.9 Å². The van der Waals surface area contributed by atoms with E-state index in [0.717, 1.165) is 5.01 Å². The third-order valence-electron chi connectivity index (χ3n) is 2.28. The van der Waals surface area contributed by atoms with Crippen LogP contribution in [0, 0.1) is 0 Å². The van der Waals surface area contributed by atoms with Crippen molar-refractivity contribution in [3.63, 3.8) is 0 Å². The Labute approximate surface area is 105 Å². The van der Waals surface area contributed by atoms with E-state index in [1.165, 1.54) is 27.8 Å². The molecule has 1 atom stereocenters. The number of carboxylic acids is 1. The second-order valence-electron chi connectivity index (χ2n) is 4.08. The molecule has 0 aliphatic carbocycles. The van der Waals surface area contributed by atoms with Crippen LogP contribution in [0.4, 0.5) is 0 Å². The van der Waals surface area contributed by atoms with Crippen molar-refractivity contribution < 1.29 is 24.3 Å². The van der Waals surface area contributed by atoms with Gasteiger partial charge in [-0.2, -0.15) is 0 Å². The highest BCUT2D eigenvalue weighted by Crippen LogP contribution is 2.13. The number of carboxylic acid groups (broad SMARTS) is 1. The van der Waals surface area contributed by atoms with Gasteiger partial charge in [-0.3, -0.25) is 9.80 Å². The van der Waals surface area contributed by atoms with Crippen molar-refractivity contribution in [1.82, 2.24) is 5.01 Å². The highest BCUT2D eigenvalue weighted by Gasteiger charge is 2.32. The molecule has 0 aromatic rings. The Morgan fingerprint density at radius 3 is 2.44 bits per heavy atom. The Morgan fingerprint density at radius 2 is 2.00 bits per heavy atom. The molecule has 0 aromatic carbocycles. The van der Waals surface area contributed by atoms with Gasteiger partial charge in [0.25, 0.3) is 6.29 Å². The molecule has 0 rings (SSSR count). The number of nitrogens with zero attached hydrogens (tertiary/aromatic N) is 3. The molecule has 0 heterocycles. The summed E-state index contributed by atoms with van der Waals surface area (Å²) in [6.07, 6.45) is -0.640. The number of likely N-dealkylation sites (N-methyl/N-ethyl adjacent to an activating group) is 1. The fourth-order valence-electron chi connectivity index (χ4n) is 0.682. The van der Waals surface area contributed by atoms with Crippen molar-refractivity contribution in [2.75, 3.05) is 7.05 Å². The number of esters is 1. The van der Waals surface area contributed by atoms with Crippen LogP contribution in [-0.4, -0.2) is 40.9 Å². The first kappa shape index (κ1) is 16.1. The van der Waals surface area contributed by atoms with Gasteiger partial charge in [-0.25, -0.2) is 4.79 Å². The first-order chi connectivity index (χ1) is 8.21. The molecule has 0 saturated carbocycles. The number of hydrogen-bond donors (Lipinski definition) is 1. The van der Waals surface area contributed by atoms with Crippen LogP contribution in [0.25, 0.3) is 0 Å². The van der Waals surface area contributed by atoms with E-state index in [1.807, 2.05) is 0 Å². The summed E-state index contributed by atoms with van der Waals surface area (Å²) in [5.74, 6) is -1.47. The van der Waals surface area contributed by atoms with Gasteiger partial charge in [-0.05, 0) is 19.1 Å². The van der Waals surface area contributed by atoms with E-state index in [-0.39, 0.29) is 6.42 Å². The van der Waals surface area contributed by atoms with Gasteiger partial charge in [0.05, 0.1) is 0 Å². The summed E-state index contributed by atoms with van der Waals surface area (Å²) in [5.41, 5.74) is -1.21. The summed E-state index contributed by atoms with van der Waals surface area (Å²) >= 11 is 0. The predicted octanol–water partition coefficient (Wildman–Crippen LogP) is 1.38. The van der Waals surface area contributed by atoms with E-state index in [2.05, 4.69) is 10.5 Å². The van der Waals surface area contributed by atoms with Crippen LogP contribution in [0.3, 0.4) is 0 Å². The molecule has 104 valence electrons. The maximum absolute atomic E-state index is 10.9. The zero-order valence-corrected chi connectivity index (χ0v) is 11.2. The number of carbonyl (C=O) groups is 2. The van der Waals surface area contributed by atoms with Crippen LogP contribution in [0.15, 0.2) is 10.5 Å². The van der Waals surface area contributed by atoms with Crippen LogP contribution in [0.5, 0.6) is 0 Å². The topological polar surface area (TPSA) is 101 Å². The van der Waals surface area contributed by atoms with E-state index in [4.69, 9.17) is 14.7 Å². The monoisotopic (exact) mass is 261 g/mol. The molecule has 0 saturated heterocycles. The molecule has 0 amide bonds. The first-order valence-corrected chi connectivity index (χ1v) is 5.45. The minimum Gasteiger partial charge on any atom is -0.479 e. The molecule has 8 nitrogen and oxygen atoms in total. The molecule has 0 fully saturated rings. The third kappa shape index (κ3) is 4.98. The van der Waals surface area contributed by atoms with Crippen LogP contribution in [0.2, 0.25) is 0 Å². The van der Waals surface area contributed by atoms with E-state index in [9.17, 15) is 9.59 Å². The minimum atomic E-state index is -1.21. The average Bonchev–Trinajstić information content (AvgIpc) is 2.28. The van der Waals surface area contributed by atoms with Gasteiger partial charge in [0.15, 0.2) is 5.54 Å². The minimum absolute atomic E-state index is 0.233. The van der Waals surface area contributed by atoms with Gasteiger partial charge in [-0.15, -0.1) is 0 Å². The summed E-state index contributed by atoms with van der Waals surface area (Å²) in [6, 6.07) is 0. The zero-order valence-electron chi connectivity index (χ0n) is 11.2. The maximum Gasteiger partial charge on any atom is 0.330 e. The van der Waals surface area contributed by atoms with Crippen molar-refractivity contribution in [2.24, 2.45) is 10.5 Å². The standard InChI is InChI=1S/C10H19N3O5/c1-6-8(14)17-7(2)18-12-11-13(5)10(3,4)9(15)16/h7H,6H2,1-5H3,(H,15,16). The molecule has 8 heteroatoms. The molecule has 0 aliphatic rings. The van der Waals surface area contributed by atoms with Crippen LogP contribution in [-0.2, 0) is 19.2 Å². The lowest BCUT2D eigenvalue weighted by atomic mass is 10.1. The van der Waals surface area contributed by atoms with E-state index >= 15 is 0 Å². The van der Waals surface area contributed by atoms with Gasteiger partial charge in [-0.1, -0.05) is 6.92 Å². The van der Waals surface area contributed by atoms with Crippen molar-refractivity contribution in [2.45, 2.75) is 45.9 Å². The summed E-state index contributed by atoms with van der Waals surface area (Å²) in [6.45, 7) is 6.07. The Hall–Kier alpha value is -1.86. The van der Waals surface area contributed by atoms with E-state index in [0.29, 0.717) is 0 Å². The molecule has 0 aliphatic heterocycles. The molecule has 0 spiro atoms. The van der Waals surface area contributed by atoms with E-state index in [1.54, 1.807) is 6.92 Å². The highest BCUT2D eigenvalue weighted by atomic mass is 16.8. The molecule has 0 bridgehead atoms. The van der Waals surface area contributed by atoms with Gasteiger partial charge in [0.1, 0.15) is 0 Å². The van der Waals surface area contributed by atoms with Crippen molar-refractivity contribution in [1.29, 1.82) is 0 Å². The third-order valence-corrected chi connectivity index (χ3v) is 2.28.